The third-order valence-electron chi connectivity index (χ3n) is 3.43. The van der Waals surface area contributed by atoms with E-state index in [2.05, 4.69) is 21.9 Å². The highest BCUT2D eigenvalue weighted by Gasteiger charge is 2.16. The molecule has 0 radical (unpaired) electrons. The van der Waals surface area contributed by atoms with Gasteiger partial charge in [0.15, 0.2) is 5.15 Å². The predicted octanol–water partition coefficient (Wildman–Crippen LogP) is 5.32. The van der Waals surface area contributed by atoms with Gasteiger partial charge in [-0.3, -0.25) is 0 Å². The second kappa shape index (κ2) is 10.0. The van der Waals surface area contributed by atoms with Crippen LogP contribution in [0, 0.1) is 5.92 Å². The molecule has 0 atom stereocenters. The van der Waals surface area contributed by atoms with Gasteiger partial charge in [0.05, 0.1) is 18.4 Å². The maximum Gasteiger partial charge on any atom is 0.152 e. The Bertz CT molecular complexity index is 451. The minimum Gasteiger partial charge on any atom is -0.383 e. The molecule has 0 spiro atoms. The molecule has 6 heteroatoms. The fourth-order valence-corrected chi connectivity index (χ4v) is 2.73. The molecular weight excluding hydrogens is 309 g/mol. The van der Waals surface area contributed by atoms with Crippen LogP contribution in [0.2, 0.25) is 5.15 Å². The van der Waals surface area contributed by atoms with Gasteiger partial charge in [-0.2, -0.15) is 3.89 Å². The van der Waals surface area contributed by atoms with Gasteiger partial charge in [0.25, 0.3) is 0 Å². The summed E-state index contributed by atoms with van der Waals surface area (Å²) < 4.78 is 12.5. The lowest BCUT2D eigenvalue weighted by Crippen LogP contribution is -2.22. The molecule has 2 rings (SSSR count). The number of nitrogens with one attached hydrogen (secondary N) is 1. The molecule has 1 aliphatic carbocycles. The van der Waals surface area contributed by atoms with E-state index in [0.717, 1.165) is 5.70 Å². The summed E-state index contributed by atoms with van der Waals surface area (Å²) in [6.45, 7) is 8.52. The highest BCUT2D eigenvalue weighted by molar-refractivity contribution is 7.94. The van der Waals surface area contributed by atoms with Gasteiger partial charge in [-0.25, -0.2) is 9.97 Å². The van der Waals surface area contributed by atoms with Crippen molar-refractivity contribution in [2.75, 3.05) is 0 Å². The summed E-state index contributed by atoms with van der Waals surface area (Å²) >= 11 is 6.02. The normalized spacial score (nSPS) is 15.0. The second-order valence-corrected chi connectivity index (χ2v) is 5.67. The number of aromatic nitrogens is 2. The molecule has 21 heavy (non-hydrogen) atoms. The molecule has 1 N–H and O–H groups in total. The summed E-state index contributed by atoms with van der Waals surface area (Å²) in [4.78, 5) is 8.01. The van der Waals surface area contributed by atoms with Gasteiger partial charge in [0.2, 0.25) is 0 Å². The zero-order valence-corrected chi connectivity index (χ0v) is 14.2. The highest BCUT2D eigenvalue weighted by atomic mass is 35.5. The van der Waals surface area contributed by atoms with Gasteiger partial charge in [-0.15, -0.1) is 0 Å². The Morgan fingerprint density at radius 3 is 2.71 bits per heavy atom. The van der Waals surface area contributed by atoms with Crippen molar-refractivity contribution in [3.8, 4) is 0 Å². The number of nitrogens with zero attached hydrogens (tertiary/aromatic N) is 2. The Balaban J connectivity index is 0.00000106. The van der Waals surface area contributed by atoms with E-state index in [-0.39, 0.29) is 17.2 Å². The van der Waals surface area contributed by atoms with Crippen LogP contribution in [-0.4, -0.2) is 9.97 Å². The summed E-state index contributed by atoms with van der Waals surface area (Å²) in [5.41, 5.74) is 1.58. The SMILES string of the molecule is C=C(NCc1nc(SF)cnc1Cl)C1CCCCC1.CC. The molecule has 0 aliphatic heterocycles. The van der Waals surface area contributed by atoms with Crippen LogP contribution in [0.25, 0.3) is 0 Å². The van der Waals surface area contributed by atoms with Crippen molar-refractivity contribution < 1.29 is 3.89 Å². The van der Waals surface area contributed by atoms with Gasteiger partial charge in [0.1, 0.15) is 17.2 Å². The lowest BCUT2D eigenvalue weighted by molar-refractivity contribution is 0.386. The molecule has 0 aromatic carbocycles. The molecule has 0 saturated heterocycles. The summed E-state index contributed by atoms with van der Waals surface area (Å²) in [5, 5.41) is 3.78. The molecule has 1 heterocycles. The van der Waals surface area contributed by atoms with E-state index in [0.29, 0.717) is 23.3 Å². The Morgan fingerprint density at radius 2 is 2.10 bits per heavy atom. The molecule has 1 aromatic rings. The van der Waals surface area contributed by atoms with Crippen molar-refractivity contribution in [1.82, 2.24) is 15.3 Å². The minimum absolute atomic E-state index is 0.0715. The van der Waals surface area contributed by atoms with Gasteiger partial charge in [-0.05, 0) is 18.8 Å². The fraction of sp³-hybridized carbons (Fsp3) is 0.600. The molecule has 1 aromatic heterocycles. The number of hydrogen-bond donors (Lipinski definition) is 1. The Kier molecular flexibility index (Phi) is 8.69. The summed E-state index contributed by atoms with van der Waals surface area (Å²) in [5.74, 6) is 0.527. The van der Waals surface area contributed by atoms with E-state index in [1.165, 1.54) is 38.3 Å². The topological polar surface area (TPSA) is 37.8 Å². The summed E-state index contributed by atoms with van der Waals surface area (Å²) in [6.07, 6.45) is 7.54. The third-order valence-corrected chi connectivity index (χ3v) is 4.10. The lowest BCUT2D eigenvalue weighted by Gasteiger charge is -2.24. The van der Waals surface area contributed by atoms with Crippen LogP contribution in [0.5, 0.6) is 0 Å². The van der Waals surface area contributed by atoms with Crippen LogP contribution in [0.1, 0.15) is 51.6 Å². The van der Waals surface area contributed by atoms with Crippen LogP contribution in [0.4, 0.5) is 3.89 Å². The molecule has 0 amide bonds. The highest BCUT2D eigenvalue weighted by Crippen LogP contribution is 2.28. The largest absolute Gasteiger partial charge is 0.383 e. The van der Waals surface area contributed by atoms with Crippen molar-refractivity contribution >= 4 is 23.7 Å². The van der Waals surface area contributed by atoms with E-state index >= 15 is 0 Å². The smallest absolute Gasteiger partial charge is 0.152 e. The van der Waals surface area contributed by atoms with Crippen molar-refractivity contribution in [1.29, 1.82) is 0 Å². The fourth-order valence-electron chi connectivity index (χ4n) is 2.34. The Morgan fingerprint density at radius 1 is 1.43 bits per heavy atom. The lowest BCUT2D eigenvalue weighted by atomic mass is 9.87. The van der Waals surface area contributed by atoms with Crippen LogP contribution >= 0.6 is 23.7 Å². The molecule has 0 unspecified atom stereocenters. The first-order valence-electron chi connectivity index (χ1n) is 7.43. The maximum atomic E-state index is 12.5. The minimum atomic E-state index is 0.0715. The molecule has 1 aliphatic rings. The van der Waals surface area contributed by atoms with Crippen molar-refractivity contribution in [3.63, 3.8) is 0 Å². The first-order chi connectivity index (χ1) is 10.2. The average molecular weight is 332 g/mol. The Labute approximate surface area is 136 Å². The van der Waals surface area contributed by atoms with Gasteiger partial charge < -0.3 is 5.32 Å². The number of hydrogen-bond acceptors (Lipinski definition) is 4. The standard InChI is InChI=1S/C13H17ClFN3S.C2H6/c1-9(10-5-3-2-4-6-10)16-7-11-13(14)17-8-12(18-11)19-15;1-2/h8,10,16H,1-7H2;1-2H3. The average Bonchev–Trinajstić information content (AvgIpc) is 2.56. The third kappa shape index (κ3) is 5.83. The zero-order chi connectivity index (χ0) is 15.7. The van der Waals surface area contributed by atoms with Crippen molar-refractivity contribution in [3.05, 3.63) is 29.3 Å². The summed E-state index contributed by atoms with van der Waals surface area (Å²) in [6, 6.07) is 0. The zero-order valence-electron chi connectivity index (χ0n) is 12.7. The number of rotatable bonds is 5. The van der Waals surface area contributed by atoms with Gasteiger partial charge >= 0.3 is 0 Å². The van der Waals surface area contributed by atoms with Gasteiger partial charge in [0, 0.05) is 5.70 Å². The predicted molar refractivity (Wildman–Crippen MR) is 87.9 cm³/mol. The monoisotopic (exact) mass is 331 g/mol. The molecular formula is C15H23ClFN3S. The van der Waals surface area contributed by atoms with Crippen molar-refractivity contribution in [2.45, 2.75) is 57.5 Å². The summed E-state index contributed by atoms with van der Waals surface area (Å²) in [7, 11) is 0. The molecule has 3 nitrogen and oxygen atoms in total. The van der Waals surface area contributed by atoms with Crippen molar-refractivity contribution in [2.24, 2.45) is 5.92 Å². The first-order valence-corrected chi connectivity index (χ1v) is 8.53. The van der Waals surface area contributed by atoms with Crippen LogP contribution in [0.3, 0.4) is 0 Å². The molecule has 1 fully saturated rings. The maximum absolute atomic E-state index is 12.5. The quantitative estimate of drug-likeness (QED) is 0.792. The van der Waals surface area contributed by atoms with E-state index in [9.17, 15) is 3.89 Å². The Hall–Kier alpha value is -0.810. The van der Waals surface area contributed by atoms with Crippen LogP contribution in [-0.2, 0) is 6.54 Å². The van der Waals surface area contributed by atoms with Gasteiger partial charge in [-0.1, -0.05) is 51.3 Å². The number of halogens is 2. The first kappa shape index (κ1) is 18.2. The molecule has 1 saturated carbocycles. The molecule has 0 bridgehead atoms. The van der Waals surface area contributed by atoms with E-state index in [1.807, 2.05) is 13.8 Å². The van der Waals surface area contributed by atoms with Crippen LogP contribution < -0.4 is 5.32 Å². The van der Waals surface area contributed by atoms with Crippen LogP contribution in [0.15, 0.2) is 23.5 Å². The molecule has 118 valence electrons. The van der Waals surface area contributed by atoms with E-state index in [4.69, 9.17) is 11.6 Å². The second-order valence-electron chi connectivity index (χ2n) is 4.74. The van der Waals surface area contributed by atoms with E-state index in [1.54, 1.807) is 0 Å². The number of allylic oxidation sites excluding steroid dienone is 1. The van der Waals surface area contributed by atoms with E-state index < -0.39 is 0 Å².